The Bertz CT molecular complexity index is 1130. The Morgan fingerprint density at radius 1 is 1.03 bits per heavy atom. The van der Waals surface area contributed by atoms with Crippen LogP contribution < -0.4 is 4.74 Å². The zero-order valence-corrected chi connectivity index (χ0v) is 16.7. The summed E-state index contributed by atoms with van der Waals surface area (Å²) < 4.78 is 11.7. The molecule has 1 amide bonds. The summed E-state index contributed by atoms with van der Waals surface area (Å²) in [4.78, 5) is 16.1. The van der Waals surface area contributed by atoms with E-state index >= 15 is 0 Å². The molecule has 1 aliphatic rings. The molecule has 2 aromatic carbocycles. The lowest BCUT2D eigenvalue weighted by Gasteiger charge is -2.20. The van der Waals surface area contributed by atoms with Crippen molar-refractivity contribution in [1.82, 2.24) is 4.90 Å². The van der Waals surface area contributed by atoms with Crippen molar-refractivity contribution in [3.8, 4) is 5.75 Å². The first-order valence-corrected chi connectivity index (χ1v) is 10.7. The van der Waals surface area contributed by atoms with Gasteiger partial charge in [-0.1, -0.05) is 36.4 Å². The van der Waals surface area contributed by atoms with Crippen molar-refractivity contribution < 1.29 is 13.9 Å². The Kier molecular flexibility index (Phi) is 4.82. The summed E-state index contributed by atoms with van der Waals surface area (Å²) in [6.45, 7) is 0.935. The van der Waals surface area contributed by atoms with Crippen LogP contribution in [0.3, 0.4) is 0 Å². The largest absolute Gasteiger partial charge is 0.486 e. The minimum absolute atomic E-state index is 0.0437. The molecule has 2 aromatic heterocycles. The minimum atomic E-state index is -0.0437. The maximum absolute atomic E-state index is 13.0. The van der Waals surface area contributed by atoms with E-state index in [9.17, 15) is 4.79 Å². The summed E-state index contributed by atoms with van der Waals surface area (Å²) in [6, 6.07) is 22.2. The molecule has 0 spiro atoms. The number of carbonyl (C=O) groups excluding carboxylic acids is 1. The monoisotopic (exact) mass is 403 g/mol. The number of amides is 1. The van der Waals surface area contributed by atoms with E-state index in [1.54, 1.807) is 17.4 Å². The van der Waals surface area contributed by atoms with Crippen LogP contribution in [0.15, 0.2) is 76.5 Å². The van der Waals surface area contributed by atoms with E-state index in [0.717, 1.165) is 24.0 Å². The van der Waals surface area contributed by atoms with Crippen molar-refractivity contribution >= 4 is 28.0 Å². The van der Waals surface area contributed by atoms with Crippen molar-refractivity contribution in [3.05, 3.63) is 88.5 Å². The number of nitrogens with zero attached hydrogens (tertiary/aromatic N) is 1. The molecule has 29 heavy (non-hydrogen) atoms. The van der Waals surface area contributed by atoms with Crippen LogP contribution >= 0.6 is 11.3 Å². The van der Waals surface area contributed by atoms with Gasteiger partial charge in [-0.25, -0.2) is 0 Å². The van der Waals surface area contributed by atoms with E-state index in [0.29, 0.717) is 30.7 Å². The molecule has 0 atom stereocenters. The Morgan fingerprint density at radius 2 is 1.90 bits per heavy atom. The molecule has 1 fully saturated rings. The van der Waals surface area contributed by atoms with Crippen LogP contribution in [-0.2, 0) is 13.2 Å². The summed E-state index contributed by atoms with van der Waals surface area (Å²) in [5, 5.41) is 4.35. The first-order chi connectivity index (χ1) is 14.3. The van der Waals surface area contributed by atoms with E-state index < -0.39 is 0 Å². The molecule has 0 aliphatic heterocycles. The van der Waals surface area contributed by atoms with E-state index in [4.69, 9.17) is 9.15 Å². The van der Waals surface area contributed by atoms with Crippen molar-refractivity contribution in [2.75, 3.05) is 0 Å². The van der Waals surface area contributed by atoms with Crippen molar-refractivity contribution in [3.63, 3.8) is 0 Å². The highest BCUT2D eigenvalue weighted by Crippen LogP contribution is 2.31. The van der Waals surface area contributed by atoms with E-state index in [-0.39, 0.29) is 5.91 Å². The molecule has 2 heterocycles. The number of fused-ring (bicyclic) bond motifs is 1. The lowest BCUT2D eigenvalue weighted by Crippen LogP contribution is -2.32. The van der Waals surface area contributed by atoms with Crippen molar-refractivity contribution in [2.24, 2.45) is 0 Å². The van der Waals surface area contributed by atoms with Gasteiger partial charge in [0.25, 0.3) is 5.91 Å². The number of carbonyl (C=O) groups is 1. The van der Waals surface area contributed by atoms with Gasteiger partial charge < -0.3 is 14.1 Å². The highest BCUT2D eigenvalue weighted by atomic mass is 32.1. The van der Waals surface area contributed by atoms with Gasteiger partial charge in [0.05, 0.1) is 6.54 Å². The summed E-state index contributed by atoms with van der Waals surface area (Å²) >= 11 is 1.68. The lowest BCUT2D eigenvalue weighted by atomic mass is 10.1. The van der Waals surface area contributed by atoms with Crippen LogP contribution in [0.4, 0.5) is 0 Å². The maximum atomic E-state index is 13.0. The SMILES string of the molecule is O=C(c1ccc(COc2ccc3ccccc3c2)o1)N(Cc1cccs1)C1CC1. The Labute approximate surface area is 173 Å². The van der Waals surface area contributed by atoms with Crippen LogP contribution in [0, 0.1) is 0 Å². The third-order valence-corrected chi connectivity index (χ3v) is 5.99. The number of furan rings is 1. The van der Waals surface area contributed by atoms with Crippen molar-refractivity contribution in [1.29, 1.82) is 0 Å². The van der Waals surface area contributed by atoms with Crippen LogP contribution in [-0.4, -0.2) is 16.8 Å². The van der Waals surface area contributed by atoms with Gasteiger partial charge in [0.15, 0.2) is 5.76 Å². The Hall–Kier alpha value is -3.05. The number of ether oxygens (including phenoxy) is 1. The molecule has 0 unspecified atom stereocenters. The molecule has 5 rings (SSSR count). The van der Waals surface area contributed by atoms with Crippen LogP contribution in [0.1, 0.15) is 34.0 Å². The average Bonchev–Trinajstić information content (AvgIpc) is 3.25. The number of hydrogen-bond acceptors (Lipinski definition) is 4. The van der Waals surface area contributed by atoms with Crippen LogP contribution in [0.25, 0.3) is 10.8 Å². The van der Waals surface area contributed by atoms with E-state index in [1.807, 2.05) is 52.7 Å². The second-order valence-corrected chi connectivity index (χ2v) is 8.34. The topological polar surface area (TPSA) is 42.7 Å². The number of hydrogen-bond donors (Lipinski definition) is 0. The predicted octanol–water partition coefficient (Wildman–Crippen LogP) is 5.88. The molecule has 0 radical (unpaired) electrons. The van der Waals surface area contributed by atoms with Gasteiger partial charge in [-0.3, -0.25) is 4.79 Å². The molecule has 0 bridgehead atoms. The van der Waals surface area contributed by atoms with Gasteiger partial charge in [-0.15, -0.1) is 11.3 Å². The molecular weight excluding hydrogens is 382 g/mol. The highest BCUT2D eigenvalue weighted by molar-refractivity contribution is 7.09. The third-order valence-electron chi connectivity index (χ3n) is 5.13. The second-order valence-electron chi connectivity index (χ2n) is 7.31. The van der Waals surface area contributed by atoms with E-state index in [2.05, 4.69) is 18.2 Å². The van der Waals surface area contributed by atoms with Gasteiger partial charge in [0, 0.05) is 10.9 Å². The predicted molar refractivity (Wildman–Crippen MR) is 114 cm³/mol. The second kappa shape index (κ2) is 7.76. The van der Waals surface area contributed by atoms with Crippen molar-refractivity contribution in [2.45, 2.75) is 32.0 Å². The number of rotatable bonds is 7. The molecule has 5 heteroatoms. The van der Waals surface area contributed by atoms with E-state index in [1.165, 1.54) is 10.3 Å². The summed E-state index contributed by atoms with van der Waals surface area (Å²) in [6.07, 6.45) is 2.13. The smallest absolute Gasteiger partial charge is 0.290 e. The lowest BCUT2D eigenvalue weighted by molar-refractivity contribution is 0.0695. The molecule has 1 aliphatic carbocycles. The summed E-state index contributed by atoms with van der Waals surface area (Å²) in [5.74, 6) is 1.77. The fourth-order valence-electron chi connectivity index (χ4n) is 3.45. The molecule has 146 valence electrons. The zero-order chi connectivity index (χ0) is 19.6. The van der Waals surface area contributed by atoms with Crippen LogP contribution in [0.5, 0.6) is 5.75 Å². The molecular formula is C24H21NO3S. The first kappa shape index (κ1) is 18.0. The quantitative estimate of drug-likeness (QED) is 0.387. The molecule has 4 aromatic rings. The summed E-state index contributed by atoms with van der Waals surface area (Å²) in [7, 11) is 0. The summed E-state index contributed by atoms with van der Waals surface area (Å²) in [5.41, 5.74) is 0. The van der Waals surface area contributed by atoms with Gasteiger partial charge in [-0.2, -0.15) is 0 Å². The minimum Gasteiger partial charge on any atom is -0.486 e. The van der Waals surface area contributed by atoms with Gasteiger partial charge in [0.1, 0.15) is 18.1 Å². The maximum Gasteiger partial charge on any atom is 0.290 e. The highest BCUT2D eigenvalue weighted by Gasteiger charge is 2.34. The average molecular weight is 404 g/mol. The fourth-order valence-corrected chi connectivity index (χ4v) is 4.15. The standard InChI is InChI=1S/C24H21NO3S/c26-24(25(19-8-9-19)15-22-6-3-13-29-22)23-12-11-21(28-23)16-27-20-10-7-17-4-1-2-5-18(17)14-20/h1-7,10-14,19H,8-9,15-16H2. The molecule has 1 saturated carbocycles. The molecule has 0 saturated heterocycles. The Morgan fingerprint density at radius 3 is 2.69 bits per heavy atom. The number of thiophene rings is 1. The zero-order valence-electron chi connectivity index (χ0n) is 15.9. The fraction of sp³-hybridized carbons (Fsp3) is 0.208. The van der Waals surface area contributed by atoms with Gasteiger partial charge in [0.2, 0.25) is 0 Å². The molecule has 4 nitrogen and oxygen atoms in total. The van der Waals surface area contributed by atoms with Crippen LogP contribution in [0.2, 0.25) is 0 Å². The molecule has 0 N–H and O–H groups in total. The Balaban J connectivity index is 1.26. The van der Waals surface area contributed by atoms with Gasteiger partial charge >= 0.3 is 0 Å². The number of benzene rings is 2. The third kappa shape index (κ3) is 4.05. The first-order valence-electron chi connectivity index (χ1n) is 9.80. The van der Waals surface area contributed by atoms with Gasteiger partial charge in [-0.05, 0) is 59.3 Å². The normalized spacial score (nSPS) is 13.5.